The maximum atomic E-state index is 12.9. The first-order chi connectivity index (χ1) is 11.7. The van der Waals surface area contributed by atoms with Gasteiger partial charge in [0.1, 0.15) is 5.82 Å². The van der Waals surface area contributed by atoms with E-state index in [2.05, 4.69) is 38.8 Å². The molecule has 0 radical (unpaired) electrons. The van der Waals surface area contributed by atoms with E-state index in [1.807, 2.05) is 18.2 Å². The maximum Gasteiger partial charge on any atom is 0.249 e. The highest BCUT2D eigenvalue weighted by atomic mass is 19.1. The Morgan fingerprint density at radius 1 is 1.04 bits per heavy atom. The van der Waals surface area contributed by atoms with Gasteiger partial charge < -0.3 is 10.6 Å². The molecule has 0 bridgehead atoms. The van der Waals surface area contributed by atoms with Crippen molar-refractivity contribution in [3.63, 3.8) is 0 Å². The summed E-state index contributed by atoms with van der Waals surface area (Å²) in [5.74, 6) is 0.786. The number of aryl methyl sites for hydroxylation is 1. The second-order valence-electron chi connectivity index (χ2n) is 5.28. The molecular formula is C18H18FN5. The van der Waals surface area contributed by atoms with Crippen molar-refractivity contribution in [1.29, 1.82) is 0 Å². The molecule has 0 amide bonds. The fourth-order valence-electron chi connectivity index (χ4n) is 2.31. The number of halogens is 1. The Bertz CT molecular complexity index is 805. The van der Waals surface area contributed by atoms with E-state index in [1.165, 1.54) is 17.7 Å². The van der Waals surface area contributed by atoms with E-state index in [4.69, 9.17) is 0 Å². The van der Waals surface area contributed by atoms with Gasteiger partial charge in [-0.2, -0.15) is 10.1 Å². The number of hydrogen-bond donors (Lipinski definition) is 2. The van der Waals surface area contributed by atoms with Gasteiger partial charge in [-0.3, -0.25) is 0 Å². The third-order valence-corrected chi connectivity index (χ3v) is 3.59. The lowest BCUT2D eigenvalue weighted by atomic mass is 10.1. The number of para-hydroxylation sites is 1. The molecule has 1 aromatic heterocycles. The minimum atomic E-state index is -0.247. The van der Waals surface area contributed by atoms with Crippen LogP contribution in [0, 0.1) is 5.82 Å². The Kier molecular flexibility index (Phi) is 4.96. The van der Waals surface area contributed by atoms with Crippen LogP contribution in [-0.4, -0.2) is 15.2 Å². The van der Waals surface area contributed by atoms with Crippen LogP contribution >= 0.6 is 0 Å². The molecule has 0 aliphatic heterocycles. The van der Waals surface area contributed by atoms with Gasteiger partial charge in [-0.05, 0) is 35.7 Å². The summed E-state index contributed by atoms with van der Waals surface area (Å²) in [5, 5.41) is 14.3. The highest BCUT2D eigenvalue weighted by molar-refractivity contribution is 5.58. The first-order valence-electron chi connectivity index (χ1n) is 7.77. The minimum absolute atomic E-state index is 0.247. The van der Waals surface area contributed by atoms with Crippen LogP contribution in [0.2, 0.25) is 0 Å². The van der Waals surface area contributed by atoms with Gasteiger partial charge in [-0.15, -0.1) is 5.10 Å². The van der Waals surface area contributed by atoms with Crippen molar-refractivity contribution < 1.29 is 4.39 Å². The number of anilines is 3. The molecule has 24 heavy (non-hydrogen) atoms. The number of hydrogen-bond acceptors (Lipinski definition) is 5. The molecule has 2 aromatic carbocycles. The standard InChI is InChI=1S/C18H18FN5/c1-2-14-5-3-4-6-16(14)22-18-23-17(12-21-24-18)20-11-13-7-9-15(19)10-8-13/h3-10,12H,2,11H2,1H3,(H2,20,22,23,24). The molecule has 3 rings (SSSR count). The van der Waals surface area contributed by atoms with Gasteiger partial charge in [-0.1, -0.05) is 37.3 Å². The van der Waals surface area contributed by atoms with E-state index in [-0.39, 0.29) is 5.82 Å². The van der Waals surface area contributed by atoms with E-state index < -0.39 is 0 Å². The fourth-order valence-corrected chi connectivity index (χ4v) is 2.31. The third kappa shape index (κ3) is 4.04. The molecule has 0 aliphatic rings. The highest BCUT2D eigenvalue weighted by Crippen LogP contribution is 2.19. The van der Waals surface area contributed by atoms with Crippen molar-refractivity contribution in [2.45, 2.75) is 19.9 Å². The Labute approximate surface area is 140 Å². The van der Waals surface area contributed by atoms with Crippen molar-refractivity contribution in [3.8, 4) is 0 Å². The Balaban J connectivity index is 1.68. The van der Waals surface area contributed by atoms with E-state index >= 15 is 0 Å². The zero-order chi connectivity index (χ0) is 16.8. The maximum absolute atomic E-state index is 12.9. The highest BCUT2D eigenvalue weighted by Gasteiger charge is 2.04. The number of rotatable bonds is 6. The van der Waals surface area contributed by atoms with Gasteiger partial charge in [0.2, 0.25) is 5.95 Å². The average Bonchev–Trinajstić information content (AvgIpc) is 2.62. The molecule has 0 unspecified atom stereocenters. The molecular weight excluding hydrogens is 305 g/mol. The summed E-state index contributed by atoms with van der Waals surface area (Å²) >= 11 is 0. The van der Waals surface area contributed by atoms with Crippen molar-refractivity contribution in [2.24, 2.45) is 0 Å². The molecule has 0 fully saturated rings. The molecule has 0 saturated heterocycles. The van der Waals surface area contributed by atoms with E-state index in [0.717, 1.165) is 17.7 Å². The minimum Gasteiger partial charge on any atom is -0.365 e. The molecule has 6 heteroatoms. The summed E-state index contributed by atoms with van der Waals surface area (Å²) in [4.78, 5) is 4.41. The summed E-state index contributed by atoms with van der Waals surface area (Å²) in [5.41, 5.74) is 3.11. The lowest BCUT2D eigenvalue weighted by Crippen LogP contribution is -2.06. The molecule has 1 heterocycles. The second-order valence-corrected chi connectivity index (χ2v) is 5.28. The molecule has 3 aromatic rings. The van der Waals surface area contributed by atoms with Gasteiger partial charge in [0, 0.05) is 12.2 Å². The first kappa shape index (κ1) is 15.9. The molecule has 122 valence electrons. The van der Waals surface area contributed by atoms with E-state index in [9.17, 15) is 4.39 Å². The second kappa shape index (κ2) is 7.50. The van der Waals surface area contributed by atoms with Gasteiger partial charge in [0.15, 0.2) is 5.82 Å². The van der Waals surface area contributed by atoms with Crippen LogP contribution in [-0.2, 0) is 13.0 Å². The van der Waals surface area contributed by atoms with Crippen molar-refractivity contribution in [3.05, 3.63) is 71.7 Å². The van der Waals surface area contributed by atoms with Crippen molar-refractivity contribution in [2.75, 3.05) is 10.6 Å². The summed E-state index contributed by atoms with van der Waals surface area (Å²) in [7, 11) is 0. The van der Waals surface area contributed by atoms with Crippen LogP contribution < -0.4 is 10.6 Å². The van der Waals surface area contributed by atoms with Crippen molar-refractivity contribution >= 4 is 17.5 Å². The van der Waals surface area contributed by atoms with Gasteiger partial charge in [-0.25, -0.2) is 4.39 Å². The molecule has 0 saturated carbocycles. The summed E-state index contributed by atoms with van der Waals surface area (Å²) in [6, 6.07) is 14.3. The van der Waals surface area contributed by atoms with Gasteiger partial charge >= 0.3 is 0 Å². The lowest BCUT2D eigenvalue weighted by molar-refractivity contribution is 0.627. The monoisotopic (exact) mass is 323 g/mol. The zero-order valence-corrected chi connectivity index (χ0v) is 13.3. The van der Waals surface area contributed by atoms with E-state index in [0.29, 0.717) is 18.3 Å². The lowest BCUT2D eigenvalue weighted by Gasteiger charge is -2.10. The molecule has 0 aliphatic carbocycles. The number of benzene rings is 2. The third-order valence-electron chi connectivity index (χ3n) is 3.59. The fraction of sp³-hybridized carbons (Fsp3) is 0.167. The normalized spacial score (nSPS) is 10.4. The zero-order valence-electron chi connectivity index (χ0n) is 13.3. The van der Waals surface area contributed by atoms with Gasteiger partial charge in [0.25, 0.3) is 0 Å². The van der Waals surface area contributed by atoms with Gasteiger partial charge in [0.05, 0.1) is 6.20 Å². The molecule has 0 spiro atoms. The summed E-state index contributed by atoms with van der Waals surface area (Å²) in [6.45, 7) is 2.63. The Morgan fingerprint density at radius 2 is 1.83 bits per heavy atom. The summed E-state index contributed by atoms with van der Waals surface area (Å²) < 4.78 is 12.9. The van der Waals surface area contributed by atoms with Crippen LogP contribution in [0.5, 0.6) is 0 Å². The topological polar surface area (TPSA) is 62.7 Å². The Hall–Kier alpha value is -3.02. The first-order valence-corrected chi connectivity index (χ1v) is 7.77. The predicted molar refractivity (Wildman–Crippen MR) is 92.7 cm³/mol. The van der Waals surface area contributed by atoms with Crippen LogP contribution in [0.4, 0.5) is 21.8 Å². The SMILES string of the molecule is CCc1ccccc1Nc1nncc(NCc2ccc(F)cc2)n1. The Morgan fingerprint density at radius 3 is 2.62 bits per heavy atom. The number of aromatic nitrogens is 3. The van der Waals surface area contributed by atoms with Crippen LogP contribution in [0.1, 0.15) is 18.1 Å². The predicted octanol–water partition coefficient (Wildman–Crippen LogP) is 3.93. The van der Waals surface area contributed by atoms with Crippen LogP contribution in [0.3, 0.4) is 0 Å². The number of nitrogens with zero attached hydrogens (tertiary/aromatic N) is 3. The van der Waals surface area contributed by atoms with Crippen LogP contribution in [0.15, 0.2) is 54.7 Å². The number of nitrogens with one attached hydrogen (secondary N) is 2. The molecule has 5 nitrogen and oxygen atoms in total. The molecule has 0 atom stereocenters. The van der Waals surface area contributed by atoms with Crippen molar-refractivity contribution in [1.82, 2.24) is 15.2 Å². The quantitative estimate of drug-likeness (QED) is 0.720. The largest absolute Gasteiger partial charge is 0.365 e. The smallest absolute Gasteiger partial charge is 0.249 e. The van der Waals surface area contributed by atoms with E-state index in [1.54, 1.807) is 18.3 Å². The summed E-state index contributed by atoms with van der Waals surface area (Å²) in [6.07, 6.45) is 2.47. The average molecular weight is 323 g/mol. The molecule has 2 N–H and O–H groups in total. The van der Waals surface area contributed by atoms with Crippen LogP contribution in [0.25, 0.3) is 0 Å².